The molecule has 7 heteroatoms. The molecule has 0 N–H and O–H groups in total. The molecule has 0 bridgehead atoms. The molecule has 0 heterocycles. The molecule has 0 fully saturated rings. The Bertz CT molecular complexity index is 252. The van der Waals surface area contributed by atoms with Crippen LogP contribution in [-0.2, 0) is 0 Å². The van der Waals surface area contributed by atoms with E-state index in [1.807, 2.05) is 38.0 Å². The lowest BCUT2D eigenvalue weighted by Crippen LogP contribution is -2.36. The van der Waals surface area contributed by atoms with E-state index < -0.39 is 12.7 Å². The SMILES string of the molecule is CN(CCCN=C(N(C)C)N(C)C)CC(F)(F)F. The molecule has 0 amide bonds. The van der Waals surface area contributed by atoms with Crippen molar-refractivity contribution in [3.05, 3.63) is 0 Å². The molecule has 0 aromatic heterocycles. The number of aliphatic imine (C=N–C) groups is 1. The van der Waals surface area contributed by atoms with Gasteiger partial charge in [-0.2, -0.15) is 13.2 Å². The molecule has 0 aliphatic rings. The van der Waals surface area contributed by atoms with Crippen LogP contribution >= 0.6 is 0 Å². The minimum atomic E-state index is -4.13. The van der Waals surface area contributed by atoms with Crippen molar-refractivity contribution in [3.63, 3.8) is 0 Å². The van der Waals surface area contributed by atoms with Crippen molar-refractivity contribution < 1.29 is 13.2 Å². The monoisotopic (exact) mass is 268 g/mol. The van der Waals surface area contributed by atoms with E-state index in [9.17, 15) is 13.2 Å². The molecular weight excluding hydrogens is 245 g/mol. The van der Waals surface area contributed by atoms with Crippen molar-refractivity contribution in [1.29, 1.82) is 0 Å². The lowest BCUT2D eigenvalue weighted by molar-refractivity contribution is -0.143. The Kier molecular flexibility index (Phi) is 7.05. The van der Waals surface area contributed by atoms with Crippen LogP contribution in [0.15, 0.2) is 4.99 Å². The van der Waals surface area contributed by atoms with Gasteiger partial charge < -0.3 is 9.80 Å². The number of nitrogens with zero attached hydrogens (tertiary/aromatic N) is 4. The van der Waals surface area contributed by atoms with Crippen molar-refractivity contribution >= 4 is 5.96 Å². The van der Waals surface area contributed by atoms with Gasteiger partial charge in [0.2, 0.25) is 0 Å². The van der Waals surface area contributed by atoms with Crippen LogP contribution in [0, 0.1) is 0 Å². The lowest BCUT2D eigenvalue weighted by atomic mass is 10.4. The molecule has 108 valence electrons. The molecule has 18 heavy (non-hydrogen) atoms. The Balaban J connectivity index is 4.01. The van der Waals surface area contributed by atoms with Gasteiger partial charge in [-0.05, 0) is 20.0 Å². The van der Waals surface area contributed by atoms with Crippen LogP contribution in [0.4, 0.5) is 13.2 Å². The standard InChI is InChI=1S/C11H23F3N4/c1-16(2)10(17(3)4)15-7-6-8-18(5)9-11(12,13)14/h6-9H2,1-5H3. The summed E-state index contributed by atoms with van der Waals surface area (Å²) in [5.74, 6) is 0.813. The van der Waals surface area contributed by atoms with Crippen molar-refractivity contribution in [2.24, 2.45) is 4.99 Å². The average molecular weight is 268 g/mol. The Morgan fingerprint density at radius 3 is 1.89 bits per heavy atom. The Labute approximate surface area is 107 Å². The predicted molar refractivity (Wildman–Crippen MR) is 67.8 cm³/mol. The second-order valence-corrected chi connectivity index (χ2v) is 4.68. The van der Waals surface area contributed by atoms with Crippen molar-refractivity contribution in [2.75, 3.05) is 54.9 Å². The van der Waals surface area contributed by atoms with Crippen molar-refractivity contribution in [1.82, 2.24) is 14.7 Å². The lowest BCUT2D eigenvalue weighted by Gasteiger charge is -2.23. The van der Waals surface area contributed by atoms with Crippen LogP contribution in [-0.4, -0.2) is 81.7 Å². The van der Waals surface area contributed by atoms with Crippen LogP contribution in [0.5, 0.6) is 0 Å². The highest BCUT2D eigenvalue weighted by Gasteiger charge is 2.28. The highest BCUT2D eigenvalue weighted by atomic mass is 19.4. The Morgan fingerprint density at radius 1 is 1.00 bits per heavy atom. The van der Waals surface area contributed by atoms with E-state index in [4.69, 9.17) is 0 Å². The fourth-order valence-corrected chi connectivity index (χ4v) is 1.59. The zero-order valence-corrected chi connectivity index (χ0v) is 11.8. The van der Waals surface area contributed by atoms with Crippen molar-refractivity contribution in [3.8, 4) is 0 Å². The summed E-state index contributed by atoms with van der Waals surface area (Å²) >= 11 is 0. The summed E-state index contributed by atoms with van der Waals surface area (Å²) in [7, 11) is 9.00. The van der Waals surface area contributed by atoms with Gasteiger partial charge in [0.15, 0.2) is 5.96 Å². The second kappa shape index (κ2) is 7.45. The number of halogens is 3. The van der Waals surface area contributed by atoms with E-state index in [-0.39, 0.29) is 0 Å². The first-order valence-corrected chi connectivity index (χ1v) is 5.78. The summed E-state index contributed by atoms with van der Waals surface area (Å²) < 4.78 is 36.2. The molecule has 0 aromatic rings. The summed E-state index contributed by atoms with van der Waals surface area (Å²) in [4.78, 5) is 9.37. The summed E-state index contributed by atoms with van der Waals surface area (Å²) in [5.41, 5.74) is 0. The molecule has 0 atom stereocenters. The zero-order valence-electron chi connectivity index (χ0n) is 11.8. The molecule has 4 nitrogen and oxygen atoms in total. The van der Waals surface area contributed by atoms with E-state index in [1.54, 1.807) is 0 Å². The fourth-order valence-electron chi connectivity index (χ4n) is 1.59. The quantitative estimate of drug-likeness (QED) is 0.427. The highest BCUT2D eigenvalue weighted by molar-refractivity contribution is 5.79. The van der Waals surface area contributed by atoms with E-state index >= 15 is 0 Å². The Hall–Kier alpha value is -0.980. The maximum absolute atomic E-state index is 12.1. The first kappa shape index (κ1) is 17.0. The van der Waals surface area contributed by atoms with Crippen LogP contribution in [0.2, 0.25) is 0 Å². The molecule has 0 radical (unpaired) electrons. The number of hydrogen-bond donors (Lipinski definition) is 0. The number of rotatable bonds is 5. The first-order chi connectivity index (χ1) is 8.13. The third-order valence-electron chi connectivity index (χ3n) is 2.20. The average Bonchev–Trinajstić information content (AvgIpc) is 2.12. The molecule has 0 unspecified atom stereocenters. The maximum Gasteiger partial charge on any atom is 0.401 e. The van der Waals surface area contributed by atoms with Crippen LogP contribution in [0.25, 0.3) is 0 Å². The molecule has 0 spiro atoms. The minimum absolute atomic E-state index is 0.386. The van der Waals surface area contributed by atoms with Gasteiger partial charge in [-0.25, -0.2) is 0 Å². The number of alkyl halides is 3. The van der Waals surface area contributed by atoms with E-state index in [0.717, 1.165) is 5.96 Å². The third-order valence-corrected chi connectivity index (χ3v) is 2.20. The summed E-state index contributed by atoms with van der Waals surface area (Å²) in [5, 5.41) is 0. The molecule has 0 saturated heterocycles. The summed E-state index contributed by atoms with van der Waals surface area (Å²) in [6.07, 6.45) is -3.52. The summed E-state index contributed by atoms with van der Waals surface area (Å²) in [6.45, 7) is 0.0377. The van der Waals surface area contributed by atoms with E-state index in [1.165, 1.54) is 11.9 Å². The molecule has 0 aliphatic carbocycles. The highest BCUT2D eigenvalue weighted by Crippen LogP contribution is 2.15. The predicted octanol–water partition coefficient (Wildman–Crippen LogP) is 1.35. The van der Waals surface area contributed by atoms with Gasteiger partial charge in [0.05, 0.1) is 6.54 Å². The summed E-state index contributed by atoms with van der Waals surface area (Å²) in [6, 6.07) is 0. The molecule has 0 rings (SSSR count). The molecular formula is C11H23F3N4. The number of guanidine groups is 1. The molecule has 0 saturated carbocycles. The van der Waals surface area contributed by atoms with Gasteiger partial charge in [-0.3, -0.25) is 9.89 Å². The van der Waals surface area contributed by atoms with Gasteiger partial charge in [0.1, 0.15) is 0 Å². The Morgan fingerprint density at radius 2 is 1.50 bits per heavy atom. The van der Waals surface area contributed by atoms with E-state index in [2.05, 4.69) is 4.99 Å². The van der Waals surface area contributed by atoms with Gasteiger partial charge in [0, 0.05) is 34.7 Å². The van der Waals surface area contributed by atoms with Crippen LogP contribution in [0.3, 0.4) is 0 Å². The van der Waals surface area contributed by atoms with Gasteiger partial charge in [-0.1, -0.05) is 0 Å². The second-order valence-electron chi connectivity index (χ2n) is 4.68. The maximum atomic E-state index is 12.1. The third kappa shape index (κ3) is 8.16. The topological polar surface area (TPSA) is 22.1 Å². The first-order valence-electron chi connectivity index (χ1n) is 5.78. The van der Waals surface area contributed by atoms with Gasteiger partial charge in [0.25, 0.3) is 0 Å². The smallest absolute Gasteiger partial charge is 0.349 e. The van der Waals surface area contributed by atoms with Crippen LogP contribution < -0.4 is 0 Å². The van der Waals surface area contributed by atoms with Gasteiger partial charge >= 0.3 is 6.18 Å². The molecule has 0 aromatic carbocycles. The fraction of sp³-hybridized carbons (Fsp3) is 0.909. The van der Waals surface area contributed by atoms with Crippen molar-refractivity contribution in [2.45, 2.75) is 12.6 Å². The van der Waals surface area contributed by atoms with Gasteiger partial charge in [-0.15, -0.1) is 0 Å². The normalized spacial score (nSPS) is 11.6. The number of hydrogen-bond acceptors (Lipinski definition) is 2. The van der Waals surface area contributed by atoms with Crippen LogP contribution in [0.1, 0.15) is 6.42 Å². The largest absolute Gasteiger partial charge is 0.401 e. The minimum Gasteiger partial charge on any atom is -0.349 e. The van der Waals surface area contributed by atoms with E-state index in [0.29, 0.717) is 19.5 Å². The zero-order chi connectivity index (χ0) is 14.3. The molecule has 0 aliphatic heterocycles.